The third-order valence-corrected chi connectivity index (χ3v) is 12.7. The summed E-state index contributed by atoms with van der Waals surface area (Å²) in [4.78, 5) is 39.0. The van der Waals surface area contributed by atoms with Crippen LogP contribution in [0.5, 0.6) is 0 Å². The van der Waals surface area contributed by atoms with Crippen LogP contribution in [0.15, 0.2) is 81.6 Å². The molecule has 306 valence electrons. The largest absolute Gasteiger partial charge is 0.481 e. The summed E-state index contributed by atoms with van der Waals surface area (Å²) in [6.07, 6.45) is 3.97. The van der Waals surface area contributed by atoms with E-state index in [-0.39, 0.29) is 17.8 Å². The number of nitrogens with zero attached hydrogens (tertiary/aromatic N) is 1. The summed E-state index contributed by atoms with van der Waals surface area (Å²) >= 11 is 0. The number of fused-ring (bicyclic) bond motifs is 2. The van der Waals surface area contributed by atoms with Gasteiger partial charge in [0.05, 0.1) is 30.8 Å². The van der Waals surface area contributed by atoms with Crippen LogP contribution in [0.2, 0.25) is 0 Å². The van der Waals surface area contributed by atoms with Gasteiger partial charge >= 0.3 is 17.9 Å². The fourth-order valence-corrected chi connectivity index (χ4v) is 9.62. The van der Waals surface area contributed by atoms with E-state index in [2.05, 4.69) is 33.0 Å². The molecule has 3 saturated heterocycles. The third-order valence-electron chi connectivity index (χ3n) is 12.7. The number of hydrogen-bond acceptors (Lipinski definition) is 9. The highest BCUT2D eigenvalue weighted by atomic mass is 16.4. The van der Waals surface area contributed by atoms with Gasteiger partial charge in [-0.1, -0.05) is 36.4 Å². The summed E-state index contributed by atoms with van der Waals surface area (Å²) in [7, 11) is 0. The molecule has 3 fully saturated rings. The van der Waals surface area contributed by atoms with Crippen LogP contribution in [-0.4, -0.2) is 77.4 Å². The molecule has 0 amide bonds. The number of aliphatic carboxylic acids is 3. The standard InChI is InChI=1S/C46H54N4O8/c51-44(52)39(32-8-11-47-22-32)17-28-2-1-3-31(14-28)25-50(26-37-20-35-15-29(4-6-42(35)57-37)18-40(45(53)54)33-9-12-48-23-33)27-38-21-36-16-30(5-7-43(36)58-38)19-41(46(55)56)34-10-13-49-24-34/h1-7,14-16,20-21,32-34,39-41,47-49H,8-13,17-19,22-27H2,(H,51,52)(H,53,54)(H,55,56)/t32-,33-,34-,39-,40-,41-/m0/s1. The van der Waals surface area contributed by atoms with Crippen LogP contribution >= 0.6 is 0 Å². The van der Waals surface area contributed by atoms with Crippen molar-refractivity contribution in [3.8, 4) is 0 Å². The molecular weight excluding hydrogens is 737 g/mol. The average molecular weight is 791 g/mol. The second-order valence-corrected chi connectivity index (χ2v) is 16.8. The third kappa shape index (κ3) is 9.47. The molecule has 12 heteroatoms. The Balaban J connectivity index is 1.04. The predicted molar refractivity (Wildman–Crippen MR) is 219 cm³/mol. The molecule has 5 heterocycles. The number of furan rings is 2. The van der Waals surface area contributed by atoms with E-state index in [0.717, 1.165) is 114 Å². The molecule has 0 aliphatic carbocycles. The molecule has 0 spiro atoms. The second-order valence-electron chi connectivity index (χ2n) is 16.8. The van der Waals surface area contributed by atoms with Crippen LogP contribution in [0.1, 0.15) is 53.0 Å². The maximum atomic E-state index is 12.3. The zero-order chi connectivity index (χ0) is 40.2. The van der Waals surface area contributed by atoms with Crippen LogP contribution in [0.4, 0.5) is 0 Å². The highest BCUT2D eigenvalue weighted by Gasteiger charge is 2.33. The van der Waals surface area contributed by atoms with Crippen LogP contribution < -0.4 is 16.0 Å². The van der Waals surface area contributed by atoms with Gasteiger partial charge in [-0.2, -0.15) is 0 Å². The van der Waals surface area contributed by atoms with Gasteiger partial charge in [-0.25, -0.2) is 0 Å². The molecule has 0 radical (unpaired) electrons. The summed E-state index contributed by atoms with van der Waals surface area (Å²) in [5.74, 6) is -1.80. The van der Waals surface area contributed by atoms with Crippen molar-refractivity contribution in [2.45, 2.75) is 58.2 Å². The first kappa shape index (κ1) is 39.8. The van der Waals surface area contributed by atoms with Crippen molar-refractivity contribution in [2.24, 2.45) is 35.5 Å². The van der Waals surface area contributed by atoms with Crippen molar-refractivity contribution < 1.29 is 38.5 Å². The van der Waals surface area contributed by atoms with Gasteiger partial charge in [0.1, 0.15) is 22.7 Å². The Labute approximate surface area is 338 Å². The maximum Gasteiger partial charge on any atom is 0.307 e. The predicted octanol–water partition coefficient (Wildman–Crippen LogP) is 5.94. The highest BCUT2D eigenvalue weighted by molar-refractivity contribution is 5.80. The molecule has 3 aliphatic rings. The SMILES string of the molecule is O=C(O)[C@@H](Cc1cccc(CN(Cc2cc3cc(C[C@H](C(=O)O)[C@H]4CCNC4)ccc3o2)Cc2cc3cc(C[C@H](C(=O)O)[C@H]4CCNC4)ccc3o2)c1)[C@H]1CCNC1. The Morgan fingerprint density at radius 3 is 1.36 bits per heavy atom. The maximum absolute atomic E-state index is 12.3. The van der Waals surface area contributed by atoms with Crippen LogP contribution in [0.25, 0.3) is 21.9 Å². The summed E-state index contributed by atoms with van der Waals surface area (Å²) in [5, 5.41) is 41.9. The molecule has 8 rings (SSSR count). The minimum absolute atomic E-state index is 0.101. The zero-order valence-corrected chi connectivity index (χ0v) is 32.8. The van der Waals surface area contributed by atoms with Crippen molar-refractivity contribution in [1.29, 1.82) is 0 Å². The molecule has 58 heavy (non-hydrogen) atoms. The lowest BCUT2D eigenvalue weighted by Gasteiger charge is -2.22. The van der Waals surface area contributed by atoms with Gasteiger partial charge < -0.3 is 40.1 Å². The number of carbonyl (C=O) groups is 3. The second kappa shape index (κ2) is 17.9. The van der Waals surface area contributed by atoms with E-state index in [1.807, 2.05) is 60.7 Å². The highest BCUT2D eigenvalue weighted by Crippen LogP contribution is 2.31. The Morgan fingerprint density at radius 1 is 0.552 bits per heavy atom. The first-order valence-corrected chi connectivity index (χ1v) is 20.8. The Kier molecular flexibility index (Phi) is 12.3. The number of hydrogen-bond donors (Lipinski definition) is 6. The van der Waals surface area contributed by atoms with Gasteiger partial charge in [0.2, 0.25) is 0 Å². The van der Waals surface area contributed by atoms with Crippen LogP contribution in [0, 0.1) is 35.5 Å². The molecule has 3 aliphatic heterocycles. The van der Waals surface area contributed by atoms with Crippen molar-refractivity contribution in [3.05, 3.63) is 107 Å². The Hall–Kier alpha value is -5.01. The molecule has 2 aromatic heterocycles. The first-order valence-electron chi connectivity index (χ1n) is 20.8. The number of carboxylic acids is 3. The molecule has 6 atom stereocenters. The summed E-state index contributed by atoms with van der Waals surface area (Å²) < 4.78 is 12.8. The molecule has 0 unspecified atom stereocenters. The van der Waals surface area contributed by atoms with E-state index in [9.17, 15) is 29.7 Å². The van der Waals surface area contributed by atoms with E-state index < -0.39 is 35.7 Å². The number of nitrogens with one attached hydrogen (secondary N) is 3. The minimum atomic E-state index is -0.761. The van der Waals surface area contributed by atoms with E-state index >= 15 is 0 Å². The van der Waals surface area contributed by atoms with Crippen molar-refractivity contribution >= 4 is 39.8 Å². The van der Waals surface area contributed by atoms with Crippen molar-refractivity contribution in [1.82, 2.24) is 20.9 Å². The van der Waals surface area contributed by atoms with Crippen LogP contribution in [-0.2, 0) is 53.3 Å². The van der Waals surface area contributed by atoms with Gasteiger partial charge in [0.15, 0.2) is 0 Å². The number of carboxylic acid groups (broad SMARTS) is 3. The quantitative estimate of drug-likeness (QED) is 0.0617. The fraction of sp³-hybridized carbons (Fsp3) is 0.457. The molecule has 5 aromatic rings. The molecule has 0 bridgehead atoms. The monoisotopic (exact) mass is 790 g/mol. The normalized spacial score (nSPS) is 21.2. The first-order chi connectivity index (χ1) is 28.1. The van der Waals surface area contributed by atoms with Gasteiger partial charge in [-0.05, 0) is 154 Å². The summed E-state index contributed by atoms with van der Waals surface area (Å²) in [6, 6.07) is 24.1. The van der Waals surface area contributed by atoms with Gasteiger partial charge in [0.25, 0.3) is 0 Å². The lowest BCUT2D eigenvalue weighted by molar-refractivity contribution is -0.144. The van der Waals surface area contributed by atoms with E-state index in [0.29, 0.717) is 38.9 Å². The van der Waals surface area contributed by atoms with Gasteiger partial charge in [0, 0.05) is 17.3 Å². The topological polar surface area (TPSA) is 178 Å². The Morgan fingerprint density at radius 2 is 0.966 bits per heavy atom. The van der Waals surface area contributed by atoms with E-state index in [1.54, 1.807) is 0 Å². The smallest absolute Gasteiger partial charge is 0.307 e. The molecule has 12 nitrogen and oxygen atoms in total. The van der Waals surface area contributed by atoms with Crippen LogP contribution in [0.3, 0.4) is 0 Å². The van der Waals surface area contributed by atoms with E-state index in [1.165, 1.54) is 0 Å². The zero-order valence-electron chi connectivity index (χ0n) is 32.8. The lowest BCUT2D eigenvalue weighted by Crippen LogP contribution is -2.27. The molecule has 0 saturated carbocycles. The fourth-order valence-electron chi connectivity index (χ4n) is 9.62. The van der Waals surface area contributed by atoms with E-state index in [4.69, 9.17) is 8.83 Å². The minimum Gasteiger partial charge on any atom is -0.481 e. The average Bonchev–Trinajstić information content (AvgIpc) is 4.05. The summed E-state index contributed by atoms with van der Waals surface area (Å²) in [5.41, 5.74) is 5.45. The van der Waals surface area contributed by atoms with Gasteiger partial charge in [-0.15, -0.1) is 0 Å². The van der Waals surface area contributed by atoms with Crippen molar-refractivity contribution in [2.75, 3.05) is 39.3 Å². The molecular formula is C46H54N4O8. The summed E-state index contributed by atoms with van der Waals surface area (Å²) in [6.45, 7) is 6.18. The molecule has 3 aromatic carbocycles. The number of benzene rings is 3. The Bertz CT molecular complexity index is 2110. The molecule has 6 N–H and O–H groups in total. The number of rotatable bonds is 18. The lowest BCUT2D eigenvalue weighted by atomic mass is 9.86. The van der Waals surface area contributed by atoms with Crippen molar-refractivity contribution in [3.63, 3.8) is 0 Å². The van der Waals surface area contributed by atoms with Gasteiger partial charge in [-0.3, -0.25) is 19.3 Å².